The number of hydrogen-bond donors (Lipinski definition) is 2. The van der Waals surface area contributed by atoms with Crippen LogP contribution >= 0.6 is 24.8 Å². The van der Waals surface area contributed by atoms with E-state index in [1.807, 2.05) is 0 Å². The second kappa shape index (κ2) is 6.65. The molecule has 0 aliphatic heterocycles. The van der Waals surface area contributed by atoms with Crippen molar-refractivity contribution in [1.82, 2.24) is 4.98 Å². The molecular weight excluding hydrogens is 215 g/mol. The van der Waals surface area contributed by atoms with Crippen LogP contribution in [0.2, 0.25) is 0 Å². The van der Waals surface area contributed by atoms with Crippen LogP contribution < -0.4 is 5.73 Å². The standard InChI is InChI=1S/C7H8N2O2.2ClH/c8-6(7(10)11)5-2-1-3-9-4-5;;/h1-4,6H,8H2,(H,10,11);2*1H. The number of hydrogen-bond acceptors (Lipinski definition) is 3. The number of aliphatic carboxylic acids is 1. The third kappa shape index (κ3) is 4.07. The minimum atomic E-state index is -1.04. The molecule has 3 N–H and O–H groups in total. The van der Waals surface area contributed by atoms with Crippen LogP contribution in [0, 0.1) is 0 Å². The number of pyridine rings is 1. The maximum atomic E-state index is 10.3. The van der Waals surface area contributed by atoms with Gasteiger partial charge in [-0.2, -0.15) is 0 Å². The average Bonchev–Trinajstić information content (AvgIpc) is 2.05. The average molecular weight is 225 g/mol. The van der Waals surface area contributed by atoms with E-state index in [2.05, 4.69) is 4.98 Å². The molecule has 4 nitrogen and oxygen atoms in total. The number of nitrogens with zero attached hydrogens (tertiary/aromatic N) is 1. The number of aromatic nitrogens is 1. The van der Waals surface area contributed by atoms with Crippen molar-refractivity contribution in [1.29, 1.82) is 0 Å². The van der Waals surface area contributed by atoms with Crippen LogP contribution in [-0.2, 0) is 4.79 Å². The molecule has 0 saturated carbocycles. The normalized spacial score (nSPS) is 10.5. The minimum Gasteiger partial charge on any atom is -0.480 e. The molecule has 6 heteroatoms. The predicted octanol–water partition coefficient (Wildman–Crippen LogP) is 1.01. The van der Waals surface area contributed by atoms with Gasteiger partial charge < -0.3 is 10.8 Å². The van der Waals surface area contributed by atoms with Gasteiger partial charge in [0.25, 0.3) is 0 Å². The summed E-state index contributed by atoms with van der Waals surface area (Å²) in [6, 6.07) is 2.31. The van der Waals surface area contributed by atoms with Crippen molar-refractivity contribution in [3.05, 3.63) is 30.1 Å². The largest absolute Gasteiger partial charge is 0.480 e. The van der Waals surface area contributed by atoms with E-state index in [1.165, 1.54) is 6.20 Å². The molecular formula is C7H10Cl2N2O2. The van der Waals surface area contributed by atoms with Gasteiger partial charge in [-0.1, -0.05) is 6.07 Å². The quantitative estimate of drug-likeness (QED) is 0.787. The Morgan fingerprint density at radius 3 is 2.54 bits per heavy atom. The second-order valence-electron chi connectivity index (χ2n) is 2.10. The fourth-order valence-electron chi connectivity index (χ4n) is 0.703. The first-order chi connectivity index (χ1) is 5.22. The Bertz CT molecular complexity index is 256. The van der Waals surface area contributed by atoms with E-state index in [1.54, 1.807) is 18.3 Å². The molecule has 0 fully saturated rings. The Kier molecular flexibility index (Phi) is 7.51. The number of carbonyl (C=O) groups is 1. The minimum absolute atomic E-state index is 0. The molecule has 0 aromatic carbocycles. The third-order valence-corrected chi connectivity index (χ3v) is 1.31. The highest BCUT2D eigenvalue weighted by Gasteiger charge is 2.12. The number of carboxylic acids is 1. The molecule has 0 spiro atoms. The summed E-state index contributed by atoms with van der Waals surface area (Å²) in [5.74, 6) is -1.04. The number of halogens is 2. The van der Waals surface area contributed by atoms with Crippen molar-refractivity contribution >= 4 is 30.8 Å². The predicted molar refractivity (Wildman–Crippen MR) is 53.3 cm³/mol. The second-order valence-corrected chi connectivity index (χ2v) is 2.10. The Labute approximate surface area is 88.0 Å². The van der Waals surface area contributed by atoms with Gasteiger partial charge in [0.2, 0.25) is 0 Å². The summed E-state index contributed by atoms with van der Waals surface area (Å²) >= 11 is 0. The van der Waals surface area contributed by atoms with Gasteiger partial charge in [0.1, 0.15) is 6.04 Å². The zero-order valence-corrected chi connectivity index (χ0v) is 8.22. The smallest absolute Gasteiger partial charge is 0.325 e. The molecule has 0 saturated heterocycles. The lowest BCUT2D eigenvalue weighted by atomic mass is 10.1. The van der Waals surface area contributed by atoms with E-state index in [0.29, 0.717) is 5.56 Å². The van der Waals surface area contributed by atoms with Gasteiger partial charge in [0.05, 0.1) is 0 Å². The summed E-state index contributed by atoms with van der Waals surface area (Å²) in [4.78, 5) is 14.1. The first kappa shape index (κ1) is 14.7. The number of rotatable bonds is 2. The molecule has 1 rings (SSSR count). The fourth-order valence-corrected chi connectivity index (χ4v) is 0.703. The van der Waals surface area contributed by atoms with Crippen molar-refractivity contribution in [2.24, 2.45) is 5.73 Å². The van der Waals surface area contributed by atoms with E-state index >= 15 is 0 Å². The molecule has 74 valence electrons. The molecule has 0 aliphatic carbocycles. The summed E-state index contributed by atoms with van der Waals surface area (Å²) in [5, 5.41) is 8.48. The molecule has 1 aromatic heterocycles. The van der Waals surface area contributed by atoms with Crippen LogP contribution in [0.4, 0.5) is 0 Å². The lowest BCUT2D eigenvalue weighted by Gasteiger charge is -2.03. The van der Waals surface area contributed by atoms with Crippen molar-refractivity contribution < 1.29 is 9.90 Å². The monoisotopic (exact) mass is 224 g/mol. The third-order valence-electron chi connectivity index (χ3n) is 1.31. The van der Waals surface area contributed by atoms with Crippen LogP contribution in [0.1, 0.15) is 11.6 Å². The van der Waals surface area contributed by atoms with Crippen LogP contribution in [0.15, 0.2) is 24.5 Å². The number of carboxylic acid groups (broad SMARTS) is 1. The molecule has 1 unspecified atom stereocenters. The van der Waals surface area contributed by atoms with Gasteiger partial charge in [0.15, 0.2) is 0 Å². The Morgan fingerprint density at radius 1 is 1.54 bits per heavy atom. The van der Waals surface area contributed by atoms with Crippen molar-refractivity contribution in [2.45, 2.75) is 6.04 Å². The van der Waals surface area contributed by atoms with Gasteiger partial charge in [0, 0.05) is 12.4 Å². The van der Waals surface area contributed by atoms with Gasteiger partial charge in [-0.25, -0.2) is 0 Å². The van der Waals surface area contributed by atoms with E-state index in [4.69, 9.17) is 10.8 Å². The molecule has 1 aromatic rings. The van der Waals surface area contributed by atoms with E-state index in [9.17, 15) is 4.79 Å². The van der Waals surface area contributed by atoms with Crippen LogP contribution in [-0.4, -0.2) is 16.1 Å². The topological polar surface area (TPSA) is 76.2 Å². The first-order valence-corrected chi connectivity index (χ1v) is 3.10. The molecule has 0 amide bonds. The zero-order chi connectivity index (χ0) is 8.27. The maximum Gasteiger partial charge on any atom is 0.325 e. The molecule has 1 heterocycles. The summed E-state index contributed by atoms with van der Waals surface area (Å²) in [7, 11) is 0. The van der Waals surface area contributed by atoms with E-state index < -0.39 is 12.0 Å². The van der Waals surface area contributed by atoms with Crippen LogP contribution in [0.5, 0.6) is 0 Å². The lowest BCUT2D eigenvalue weighted by Crippen LogP contribution is -2.20. The van der Waals surface area contributed by atoms with Crippen molar-refractivity contribution in [2.75, 3.05) is 0 Å². The van der Waals surface area contributed by atoms with Crippen LogP contribution in [0.3, 0.4) is 0 Å². The summed E-state index contributed by atoms with van der Waals surface area (Å²) in [5.41, 5.74) is 5.81. The van der Waals surface area contributed by atoms with E-state index in [-0.39, 0.29) is 24.8 Å². The van der Waals surface area contributed by atoms with E-state index in [0.717, 1.165) is 0 Å². The Balaban J connectivity index is 0. The van der Waals surface area contributed by atoms with Gasteiger partial charge in [-0.15, -0.1) is 24.8 Å². The zero-order valence-electron chi connectivity index (χ0n) is 6.58. The summed E-state index contributed by atoms with van der Waals surface area (Å²) in [6.45, 7) is 0. The van der Waals surface area contributed by atoms with Gasteiger partial charge >= 0.3 is 5.97 Å². The van der Waals surface area contributed by atoms with Gasteiger partial charge in [-0.05, 0) is 11.6 Å². The highest BCUT2D eigenvalue weighted by atomic mass is 35.5. The van der Waals surface area contributed by atoms with Crippen molar-refractivity contribution in [3.8, 4) is 0 Å². The van der Waals surface area contributed by atoms with Crippen LogP contribution in [0.25, 0.3) is 0 Å². The first-order valence-electron chi connectivity index (χ1n) is 3.10. The molecule has 1 atom stereocenters. The van der Waals surface area contributed by atoms with Gasteiger partial charge in [-0.3, -0.25) is 9.78 Å². The Morgan fingerprint density at radius 2 is 2.15 bits per heavy atom. The van der Waals surface area contributed by atoms with Crippen molar-refractivity contribution in [3.63, 3.8) is 0 Å². The molecule has 0 aliphatic rings. The molecule has 13 heavy (non-hydrogen) atoms. The fraction of sp³-hybridized carbons (Fsp3) is 0.143. The summed E-state index contributed by atoms with van der Waals surface area (Å²) in [6.07, 6.45) is 3.01. The lowest BCUT2D eigenvalue weighted by molar-refractivity contribution is -0.138. The highest BCUT2D eigenvalue weighted by molar-refractivity contribution is 5.85. The maximum absolute atomic E-state index is 10.3. The SMILES string of the molecule is Cl.Cl.NC(C(=O)O)c1cccnc1. The number of nitrogens with two attached hydrogens (primary N) is 1. The Hall–Kier alpha value is -0.840. The molecule has 0 radical (unpaired) electrons. The summed E-state index contributed by atoms with van der Waals surface area (Å²) < 4.78 is 0. The highest BCUT2D eigenvalue weighted by Crippen LogP contribution is 2.06. The molecule has 0 bridgehead atoms.